The van der Waals surface area contributed by atoms with E-state index in [1.54, 1.807) is 25.7 Å². The molecule has 0 aliphatic rings. The molecular weight excluding hydrogens is 242 g/mol. The Labute approximate surface area is 112 Å². The second-order valence-electron chi connectivity index (χ2n) is 3.85. The van der Waals surface area contributed by atoms with Crippen molar-refractivity contribution in [3.8, 4) is 11.5 Å². The first-order valence-corrected chi connectivity index (χ1v) is 6.13. The third kappa shape index (κ3) is 3.58. The number of benzene rings is 1. The Hall–Kier alpha value is -2.30. The fourth-order valence-electron chi connectivity index (χ4n) is 1.67. The molecule has 1 aromatic heterocycles. The third-order valence-electron chi connectivity index (χ3n) is 2.55. The first kappa shape index (κ1) is 13.1. The van der Waals surface area contributed by atoms with Crippen LogP contribution in [0, 0.1) is 0 Å². The van der Waals surface area contributed by atoms with Crippen LogP contribution in [-0.2, 0) is 6.54 Å². The molecule has 0 radical (unpaired) electrons. The van der Waals surface area contributed by atoms with Gasteiger partial charge in [0.05, 0.1) is 32.2 Å². The maximum atomic E-state index is 5.53. The Bertz CT molecular complexity index is 517. The van der Waals surface area contributed by atoms with E-state index in [9.17, 15) is 0 Å². The van der Waals surface area contributed by atoms with Crippen molar-refractivity contribution in [1.29, 1.82) is 0 Å². The van der Waals surface area contributed by atoms with Crippen LogP contribution in [0.4, 0.5) is 5.69 Å². The van der Waals surface area contributed by atoms with E-state index in [0.29, 0.717) is 13.2 Å². The van der Waals surface area contributed by atoms with Crippen LogP contribution in [0.5, 0.6) is 11.5 Å². The summed E-state index contributed by atoms with van der Waals surface area (Å²) < 4.78 is 10.8. The molecule has 0 bridgehead atoms. The van der Waals surface area contributed by atoms with E-state index in [-0.39, 0.29) is 0 Å². The minimum Gasteiger partial charge on any atom is -0.493 e. The van der Waals surface area contributed by atoms with E-state index < -0.39 is 0 Å². The summed E-state index contributed by atoms with van der Waals surface area (Å²) in [5.41, 5.74) is 1.84. The van der Waals surface area contributed by atoms with Crippen molar-refractivity contribution in [3.05, 3.63) is 42.5 Å². The van der Waals surface area contributed by atoms with Crippen molar-refractivity contribution in [2.45, 2.75) is 13.5 Å². The van der Waals surface area contributed by atoms with E-state index in [2.05, 4.69) is 15.3 Å². The highest BCUT2D eigenvalue weighted by atomic mass is 16.5. The Morgan fingerprint density at radius 3 is 2.79 bits per heavy atom. The van der Waals surface area contributed by atoms with Gasteiger partial charge in [0, 0.05) is 24.1 Å². The summed E-state index contributed by atoms with van der Waals surface area (Å²) in [7, 11) is 1.63. The highest BCUT2D eigenvalue weighted by molar-refractivity contribution is 5.54. The first-order valence-electron chi connectivity index (χ1n) is 6.13. The van der Waals surface area contributed by atoms with Crippen LogP contribution >= 0.6 is 0 Å². The molecule has 1 aromatic carbocycles. The van der Waals surface area contributed by atoms with Crippen molar-refractivity contribution < 1.29 is 9.47 Å². The van der Waals surface area contributed by atoms with Crippen LogP contribution in [0.2, 0.25) is 0 Å². The molecule has 2 rings (SSSR count). The predicted octanol–water partition coefficient (Wildman–Crippen LogP) is 2.50. The van der Waals surface area contributed by atoms with Crippen LogP contribution in [0.3, 0.4) is 0 Å². The molecule has 0 amide bonds. The highest BCUT2D eigenvalue weighted by Gasteiger charge is 2.05. The Kier molecular flexibility index (Phi) is 4.55. The second-order valence-corrected chi connectivity index (χ2v) is 3.85. The molecule has 0 atom stereocenters. The molecule has 0 unspecified atom stereocenters. The van der Waals surface area contributed by atoms with Gasteiger partial charge in [0.15, 0.2) is 11.5 Å². The molecular formula is C14H17N3O2. The van der Waals surface area contributed by atoms with E-state index in [1.165, 1.54) is 0 Å². The quantitative estimate of drug-likeness (QED) is 0.863. The highest BCUT2D eigenvalue weighted by Crippen LogP contribution is 2.30. The van der Waals surface area contributed by atoms with Crippen LogP contribution in [0.1, 0.15) is 12.6 Å². The van der Waals surface area contributed by atoms with Crippen molar-refractivity contribution in [1.82, 2.24) is 9.97 Å². The number of nitrogens with one attached hydrogen (secondary N) is 1. The maximum Gasteiger partial charge on any atom is 0.163 e. The standard InChI is InChI=1S/C14H17N3O2/c1-3-19-14-8-11(4-5-13(14)18-2)17-10-12-9-15-6-7-16-12/h4-9,17H,3,10H2,1-2H3. The lowest BCUT2D eigenvalue weighted by atomic mass is 10.2. The lowest BCUT2D eigenvalue weighted by molar-refractivity contribution is 0.311. The molecule has 0 spiro atoms. The SMILES string of the molecule is CCOc1cc(NCc2cnccn2)ccc1OC. The summed E-state index contributed by atoms with van der Waals surface area (Å²) in [6, 6.07) is 5.74. The largest absolute Gasteiger partial charge is 0.493 e. The zero-order chi connectivity index (χ0) is 13.5. The van der Waals surface area contributed by atoms with E-state index >= 15 is 0 Å². The Morgan fingerprint density at radius 2 is 2.11 bits per heavy atom. The average Bonchev–Trinajstić information content (AvgIpc) is 2.47. The van der Waals surface area contributed by atoms with Crippen LogP contribution < -0.4 is 14.8 Å². The minimum atomic E-state index is 0.601. The summed E-state index contributed by atoms with van der Waals surface area (Å²) >= 11 is 0. The van der Waals surface area contributed by atoms with Gasteiger partial charge in [-0.1, -0.05) is 0 Å². The van der Waals surface area contributed by atoms with Crippen molar-refractivity contribution in [2.75, 3.05) is 19.0 Å². The summed E-state index contributed by atoms with van der Waals surface area (Å²) in [6.45, 7) is 3.16. The molecule has 19 heavy (non-hydrogen) atoms. The molecule has 1 N–H and O–H groups in total. The average molecular weight is 259 g/mol. The monoisotopic (exact) mass is 259 g/mol. The molecule has 0 aliphatic carbocycles. The minimum absolute atomic E-state index is 0.601. The number of ether oxygens (including phenoxy) is 2. The molecule has 5 nitrogen and oxygen atoms in total. The number of hydrogen-bond donors (Lipinski definition) is 1. The van der Waals surface area contributed by atoms with Gasteiger partial charge in [-0.25, -0.2) is 0 Å². The topological polar surface area (TPSA) is 56.3 Å². The third-order valence-corrected chi connectivity index (χ3v) is 2.55. The Morgan fingerprint density at radius 1 is 1.21 bits per heavy atom. The number of anilines is 1. The van der Waals surface area contributed by atoms with E-state index in [1.807, 2.05) is 25.1 Å². The van der Waals surface area contributed by atoms with Gasteiger partial charge < -0.3 is 14.8 Å². The summed E-state index contributed by atoms with van der Waals surface area (Å²) in [5, 5.41) is 3.27. The molecule has 5 heteroatoms. The zero-order valence-electron chi connectivity index (χ0n) is 11.1. The molecule has 0 aliphatic heterocycles. The lowest BCUT2D eigenvalue weighted by Gasteiger charge is -2.12. The zero-order valence-corrected chi connectivity index (χ0v) is 11.1. The maximum absolute atomic E-state index is 5.53. The van der Waals surface area contributed by atoms with Gasteiger partial charge >= 0.3 is 0 Å². The molecule has 0 fully saturated rings. The van der Waals surface area contributed by atoms with Gasteiger partial charge in [0.1, 0.15) is 0 Å². The van der Waals surface area contributed by atoms with Gasteiger partial charge in [-0.05, 0) is 19.1 Å². The number of rotatable bonds is 6. The number of hydrogen-bond acceptors (Lipinski definition) is 5. The summed E-state index contributed by atoms with van der Waals surface area (Å²) in [6.07, 6.45) is 5.07. The van der Waals surface area contributed by atoms with Crippen molar-refractivity contribution in [3.63, 3.8) is 0 Å². The van der Waals surface area contributed by atoms with Crippen molar-refractivity contribution >= 4 is 5.69 Å². The van der Waals surface area contributed by atoms with E-state index in [4.69, 9.17) is 9.47 Å². The molecule has 0 saturated heterocycles. The van der Waals surface area contributed by atoms with Gasteiger partial charge in [-0.3, -0.25) is 9.97 Å². The smallest absolute Gasteiger partial charge is 0.163 e. The van der Waals surface area contributed by atoms with Gasteiger partial charge in [0.25, 0.3) is 0 Å². The van der Waals surface area contributed by atoms with Crippen LogP contribution in [0.15, 0.2) is 36.8 Å². The fraction of sp³-hybridized carbons (Fsp3) is 0.286. The lowest BCUT2D eigenvalue weighted by Crippen LogP contribution is -2.03. The number of aromatic nitrogens is 2. The van der Waals surface area contributed by atoms with Crippen molar-refractivity contribution in [2.24, 2.45) is 0 Å². The summed E-state index contributed by atoms with van der Waals surface area (Å²) in [4.78, 5) is 8.23. The molecule has 1 heterocycles. The molecule has 100 valence electrons. The van der Waals surface area contributed by atoms with Gasteiger partial charge in [-0.15, -0.1) is 0 Å². The summed E-state index contributed by atoms with van der Waals surface area (Å²) in [5.74, 6) is 1.46. The Balaban J connectivity index is 2.06. The predicted molar refractivity (Wildman–Crippen MR) is 73.5 cm³/mol. The fourth-order valence-corrected chi connectivity index (χ4v) is 1.67. The number of nitrogens with zero attached hydrogens (tertiary/aromatic N) is 2. The normalized spacial score (nSPS) is 10.0. The molecule has 0 saturated carbocycles. The second kappa shape index (κ2) is 6.58. The first-order chi connectivity index (χ1) is 9.33. The van der Waals surface area contributed by atoms with Crippen LogP contribution in [-0.4, -0.2) is 23.7 Å². The van der Waals surface area contributed by atoms with Crippen LogP contribution in [0.25, 0.3) is 0 Å². The van der Waals surface area contributed by atoms with E-state index in [0.717, 1.165) is 22.9 Å². The molecule has 2 aromatic rings. The number of methoxy groups -OCH3 is 1. The van der Waals surface area contributed by atoms with Gasteiger partial charge in [0.2, 0.25) is 0 Å². The van der Waals surface area contributed by atoms with Gasteiger partial charge in [-0.2, -0.15) is 0 Å².